The summed E-state index contributed by atoms with van der Waals surface area (Å²) < 4.78 is 3.23. The SMILES string of the molecule is CCCn1ccc2cc(Br)cc(Cl)c21. The summed E-state index contributed by atoms with van der Waals surface area (Å²) in [5, 5.41) is 2.01. The van der Waals surface area contributed by atoms with Gasteiger partial charge in [-0.2, -0.15) is 0 Å². The number of halogens is 2. The number of benzene rings is 1. The molecule has 0 aliphatic rings. The molecule has 74 valence electrons. The first-order chi connectivity index (χ1) is 6.72. The van der Waals surface area contributed by atoms with Crippen LogP contribution in [0.2, 0.25) is 5.02 Å². The predicted molar refractivity (Wildman–Crippen MR) is 64.9 cm³/mol. The van der Waals surface area contributed by atoms with Crippen LogP contribution >= 0.6 is 27.5 Å². The number of aryl methyl sites for hydroxylation is 1. The Morgan fingerprint density at radius 1 is 1.43 bits per heavy atom. The molecule has 2 rings (SSSR count). The molecule has 2 aromatic rings. The molecule has 3 heteroatoms. The molecule has 0 atom stereocenters. The van der Waals surface area contributed by atoms with E-state index in [9.17, 15) is 0 Å². The molecule has 1 aromatic heterocycles. The first-order valence-electron chi connectivity index (χ1n) is 4.66. The average molecular weight is 273 g/mol. The van der Waals surface area contributed by atoms with E-state index in [4.69, 9.17) is 11.6 Å². The van der Waals surface area contributed by atoms with E-state index < -0.39 is 0 Å². The molecule has 0 amide bonds. The zero-order valence-electron chi connectivity index (χ0n) is 7.93. The minimum absolute atomic E-state index is 0.813. The van der Waals surface area contributed by atoms with Crippen molar-refractivity contribution in [1.29, 1.82) is 0 Å². The highest BCUT2D eigenvalue weighted by atomic mass is 79.9. The van der Waals surface area contributed by atoms with E-state index in [0.717, 1.165) is 28.0 Å². The molecule has 0 saturated heterocycles. The highest BCUT2D eigenvalue weighted by molar-refractivity contribution is 9.10. The predicted octanol–water partition coefficient (Wildman–Crippen LogP) is 4.47. The third-order valence-corrected chi connectivity index (χ3v) is 2.99. The molecular weight excluding hydrogens is 261 g/mol. The second-order valence-electron chi connectivity index (χ2n) is 3.33. The van der Waals surface area contributed by atoms with Gasteiger partial charge in [0, 0.05) is 22.6 Å². The van der Waals surface area contributed by atoms with Gasteiger partial charge >= 0.3 is 0 Å². The number of nitrogens with zero attached hydrogens (tertiary/aromatic N) is 1. The van der Waals surface area contributed by atoms with Gasteiger partial charge in [0.05, 0.1) is 10.5 Å². The number of rotatable bonds is 2. The van der Waals surface area contributed by atoms with E-state index in [2.05, 4.69) is 45.8 Å². The Bertz CT molecular complexity index is 462. The van der Waals surface area contributed by atoms with Gasteiger partial charge in [0.25, 0.3) is 0 Å². The van der Waals surface area contributed by atoms with E-state index in [1.165, 1.54) is 5.39 Å². The van der Waals surface area contributed by atoms with E-state index in [1.807, 2.05) is 6.07 Å². The molecule has 1 aromatic carbocycles. The van der Waals surface area contributed by atoms with Crippen LogP contribution in [-0.2, 0) is 6.54 Å². The maximum absolute atomic E-state index is 6.19. The Balaban J connectivity index is 2.66. The molecule has 0 radical (unpaired) electrons. The van der Waals surface area contributed by atoms with Crippen LogP contribution in [0.15, 0.2) is 28.9 Å². The van der Waals surface area contributed by atoms with Crippen molar-refractivity contribution in [1.82, 2.24) is 4.57 Å². The lowest BCUT2D eigenvalue weighted by Crippen LogP contribution is -1.94. The minimum Gasteiger partial charge on any atom is -0.346 e. The number of aromatic nitrogens is 1. The molecule has 14 heavy (non-hydrogen) atoms. The van der Waals surface area contributed by atoms with Crippen LogP contribution in [0.1, 0.15) is 13.3 Å². The highest BCUT2D eigenvalue weighted by Crippen LogP contribution is 2.29. The molecular formula is C11H11BrClN. The number of fused-ring (bicyclic) bond motifs is 1. The molecule has 0 N–H and O–H groups in total. The van der Waals surface area contributed by atoms with Gasteiger partial charge < -0.3 is 4.57 Å². The fourth-order valence-corrected chi connectivity index (χ4v) is 2.63. The van der Waals surface area contributed by atoms with Gasteiger partial charge in [-0.15, -0.1) is 0 Å². The van der Waals surface area contributed by atoms with Crippen molar-refractivity contribution < 1.29 is 0 Å². The number of hydrogen-bond donors (Lipinski definition) is 0. The highest BCUT2D eigenvalue weighted by Gasteiger charge is 2.05. The van der Waals surface area contributed by atoms with Crippen molar-refractivity contribution in [2.24, 2.45) is 0 Å². The Kier molecular flexibility index (Phi) is 2.84. The van der Waals surface area contributed by atoms with Gasteiger partial charge in [-0.3, -0.25) is 0 Å². The summed E-state index contributed by atoms with van der Waals surface area (Å²) in [6, 6.07) is 6.13. The summed E-state index contributed by atoms with van der Waals surface area (Å²) in [6.07, 6.45) is 3.21. The van der Waals surface area contributed by atoms with Gasteiger partial charge in [-0.1, -0.05) is 34.5 Å². The first kappa shape index (κ1) is 10.1. The normalized spacial score (nSPS) is 11.1. The van der Waals surface area contributed by atoms with Crippen LogP contribution in [0.25, 0.3) is 10.9 Å². The summed E-state index contributed by atoms with van der Waals surface area (Å²) in [5.41, 5.74) is 1.14. The Hall–Kier alpha value is -0.470. The van der Waals surface area contributed by atoms with E-state index in [1.54, 1.807) is 0 Å². The van der Waals surface area contributed by atoms with Gasteiger partial charge in [-0.25, -0.2) is 0 Å². The lowest BCUT2D eigenvalue weighted by atomic mass is 10.2. The zero-order chi connectivity index (χ0) is 10.1. The molecule has 0 unspecified atom stereocenters. The lowest BCUT2D eigenvalue weighted by Gasteiger charge is -2.04. The largest absolute Gasteiger partial charge is 0.346 e. The van der Waals surface area contributed by atoms with Gasteiger partial charge in [0.1, 0.15) is 0 Å². The van der Waals surface area contributed by atoms with Gasteiger partial charge in [0.15, 0.2) is 0 Å². The van der Waals surface area contributed by atoms with E-state index in [-0.39, 0.29) is 0 Å². The maximum Gasteiger partial charge on any atom is 0.0670 e. The van der Waals surface area contributed by atoms with Gasteiger partial charge in [-0.05, 0) is 24.6 Å². The van der Waals surface area contributed by atoms with Crippen molar-refractivity contribution in [2.45, 2.75) is 19.9 Å². The first-order valence-corrected chi connectivity index (χ1v) is 5.83. The van der Waals surface area contributed by atoms with Crippen molar-refractivity contribution in [2.75, 3.05) is 0 Å². The van der Waals surface area contributed by atoms with Crippen molar-refractivity contribution in [3.63, 3.8) is 0 Å². The summed E-state index contributed by atoms with van der Waals surface area (Å²) in [7, 11) is 0. The molecule has 0 aliphatic heterocycles. The fourth-order valence-electron chi connectivity index (χ4n) is 1.69. The third-order valence-electron chi connectivity index (χ3n) is 2.24. The van der Waals surface area contributed by atoms with Crippen molar-refractivity contribution >= 4 is 38.4 Å². The number of hydrogen-bond acceptors (Lipinski definition) is 0. The second kappa shape index (κ2) is 3.95. The van der Waals surface area contributed by atoms with Crippen LogP contribution < -0.4 is 0 Å². The standard InChI is InChI=1S/C11H11BrClN/c1-2-4-14-5-3-8-6-9(12)7-10(13)11(8)14/h3,5-7H,2,4H2,1H3. The summed E-state index contributed by atoms with van der Waals surface area (Å²) in [5.74, 6) is 0. The van der Waals surface area contributed by atoms with Crippen LogP contribution in [0.3, 0.4) is 0 Å². The Morgan fingerprint density at radius 2 is 2.21 bits per heavy atom. The Labute approximate surface area is 96.8 Å². The smallest absolute Gasteiger partial charge is 0.0670 e. The summed E-state index contributed by atoms with van der Waals surface area (Å²) in [6.45, 7) is 3.18. The molecule has 0 spiro atoms. The molecule has 0 bridgehead atoms. The molecule has 1 nitrogen and oxygen atoms in total. The zero-order valence-corrected chi connectivity index (χ0v) is 10.3. The van der Waals surface area contributed by atoms with Crippen molar-refractivity contribution in [3.05, 3.63) is 33.9 Å². The van der Waals surface area contributed by atoms with Crippen LogP contribution in [-0.4, -0.2) is 4.57 Å². The van der Waals surface area contributed by atoms with Crippen LogP contribution in [0.5, 0.6) is 0 Å². The monoisotopic (exact) mass is 271 g/mol. The quantitative estimate of drug-likeness (QED) is 0.760. The maximum atomic E-state index is 6.19. The molecule has 0 saturated carbocycles. The fraction of sp³-hybridized carbons (Fsp3) is 0.273. The topological polar surface area (TPSA) is 4.93 Å². The second-order valence-corrected chi connectivity index (χ2v) is 4.66. The molecule has 0 fully saturated rings. The minimum atomic E-state index is 0.813. The van der Waals surface area contributed by atoms with Gasteiger partial charge in [0.2, 0.25) is 0 Å². The third kappa shape index (κ3) is 1.69. The molecule has 0 aliphatic carbocycles. The van der Waals surface area contributed by atoms with E-state index >= 15 is 0 Å². The molecule has 1 heterocycles. The average Bonchev–Trinajstić information content (AvgIpc) is 2.49. The van der Waals surface area contributed by atoms with Crippen LogP contribution in [0.4, 0.5) is 0 Å². The summed E-state index contributed by atoms with van der Waals surface area (Å²) >= 11 is 9.63. The lowest BCUT2D eigenvalue weighted by molar-refractivity contribution is 0.703. The summed E-state index contributed by atoms with van der Waals surface area (Å²) in [4.78, 5) is 0. The Morgan fingerprint density at radius 3 is 2.93 bits per heavy atom. The van der Waals surface area contributed by atoms with E-state index in [0.29, 0.717) is 0 Å². The van der Waals surface area contributed by atoms with Crippen LogP contribution in [0, 0.1) is 0 Å². The van der Waals surface area contributed by atoms with Crippen molar-refractivity contribution in [3.8, 4) is 0 Å².